The van der Waals surface area contributed by atoms with E-state index in [0.717, 1.165) is 0 Å². The van der Waals surface area contributed by atoms with Crippen LogP contribution < -0.4 is 10.1 Å². The molecule has 8 heteroatoms. The zero-order chi connectivity index (χ0) is 18.1. The SMILES string of the molecule is COc1ccc(C2(NC(=O)C(F)(F)F)CCC3(CC2)OCCO3)cc1. The summed E-state index contributed by atoms with van der Waals surface area (Å²) in [7, 11) is 1.51. The van der Waals surface area contributed by atoms with Crippen molar-refractivity contribution in [2.45, 2.75) is 43.2 Å². The quantitative estimate of drug-likeness (QED) is 0.902. The van der Waals surface area contributed by atoms with Crippen LogP contribution in [0, 0.1) is 0 Å². The summed E-state index contributed by atoms with van der Waals surface area (Å²) in [5.74, 6) is -2.08. The Kier molecular flexibility index (Phi) is 4.68. The van der Waals surface area contributed by atoms with E-state index in [-0.39, 0.29) is 0 Å². The molecule has 3 rings (SSSR count). The molecule has 1 aliphatic carbocycles. The molecule has 0 atom stereocenters. The predicted octanol–water partition coefficient (Wildman–Crippen LogP) is 2.89. The highest BCUT2D eigenvalue weighted by Crippen LogP contribution is 2.45. The first-order valence-corrected chi connectivity index (χ1v) is 8.10. The Bertz CT molecular complexity index is 614. The molecule has 1 saturated heterocycles. The molecule has 5 nitrogen and oxygen atoms in total. The summed E-state index contributed by atoms with van der Waals surface area (Å²) >= 11 is 0. The van der Waals surface area contributed by atoms with Crippen molar-refractivity contribution in [1.82, 2.24) is 5.32 Å². The second-order valence-electron chi connectivity index (χ2n) is 6.37. The smallest absolute Gasteiger partial charge is 0.471 e. The molecule has 1 N–H and O–H groups in total. The van der Waals surface area contributed by atoms with Gasteiger partial charge in [0.05, 0.1) is 25.9 Å². The van der Waals surface area contributed by atoms with Gasteiger partial charge in [-0.15, -0.1) is 0 Å². The number of hydrogen-bond acceptors (Lipinski definition) is 4. The van der Waals surface area contributed by atoms with E-state index in [0.29, 0.717) is 50.2 Å². The maximum absolute atomic E-state index is 12.8. The Hall–Kier alpha value is -1.80. The van der Waals surface area contributed by atoms with Gasteiger partial charge in [0.25, 0.3) is 0 Å². The first-order chi connectivity index (χ1) is 11.8. The second kappa shape index (κ2) is 6.49. The van der Waals surface area contributed by atoms with Crippen LogP contribution in [0.25, 0.3) is 0 Å². The summed E-state index contributed by atoms with van der Waals surface area (Å²) in [4.78, 5) is 11.6. The van der Waals surface area contributed by atoms with E-state index in [9.17, 15) is 18.0 Å². The van der Waals surface area contributed by atoms with Gasteiger partial charge in [-0.25, -0.2) is 0 Å². The van der Waals surface area contributed by atoms with E-state index in [1.165, 1.54) is 7.11 Å². The number of alkyl halides is 3. The van der Waals surface area contributed by atoms with Crippen LogP contribution in [0.4, 0.5) is 13.2 Å². The summed E-state index contributed by atoms with van der Waals surface area (Å²) in [6.45, 7) is 0.953. The van der Waals surface area contributed by atoms with Crippen molar-refractivity contribution in [3.05, 3.63) is 29.8 Å². The summed E-state index contributed by atoms with van der Waals surface area (Å²) in [6.07, 6.45) is -3.52. The molecule has 1 saturated carbocycles. The Balaban J connectivity index is 1.87. The van der Waals surface area contributed by atoms with Crippen LogP contribution in [0.15, 0.2) is 24.3 Å². The molecule has 1 aromatic rings. The van der Waals surface area contributed by atoms with Gasteiger partial charge in [-0.1, -0.05) is 12.1 Å². The lowest BCUT2D eigenvalue weighted by molar-refractivity contribution is -0.193. The number of rotatable bonds is 3. The summed E-state index contributed by atoms with van der Waals surface area (Å²) in [5.41, 5.74) is -0.502. The Morgan fingerprint density at radius 2 is 1.64 bits per heavy atom. The lowest BCUT2D eigenvalue weighted by Crippen LogP contribution is -2.54. The third kappa shape index (κ3) is 3.59. The summed E-state index contributed by atoms with van der Waals surface area (Å²) in [6, 6.07) is 6.71. The molecule has 2 fully saturated rings. The van der Waals surface area contributed by atoms with Crippen molar-refractivity contribution in [2.75, 3.05) is 20.3 Å². The molecule has 25 heavy (non-hydrogen) atoms. The molecule has 1 amide bonds. The second-order valence-corrected chi connectivity index (χ2v) is 6.37. The van der Waals surface area contributed by atoms with Crippen molar-refractivity contribution in [2.24, 2.45) is 0 Å². The van der Waals surface area contributed by atoms with E-state index in [4.69, 9.17) is 14.2 Å². The van der Waals surface area contributed by atoms with Gasteiger partial charge in [0.15, 0.2) is 5.79 Å². The van der Waals surface area contributed by atoms with Gasteiger partial charge >= 0.3 is 12.1 Å². The van der Waals surface area contributed by atoms with E-state index in [2.05, 4.69) is 5.32 Å². The highest BCUT2D eigenvalue weighted by atomic mass is 19.4. The standard InChI is InChI=1S/C17H20F3NO4/c1-23-13-4-2-12(3-5-13)15(21-14(22)17(18,19)20)6-8-16(9-7-15)24-10-11-25-16/h2-5H,6-11H2,1H3,(H,21,22). The number of carbonyl (C=O) groups is 1. The molecule has 1 spiro atoms. The van der Waals surface area contributed by atoms with Crippen LogP contribution in [0.5, 0.6) is 5.75 Å². The first kappa shape index (κ1) is 18.0. The normalized spacial score (nSPS) is 21.9. The van der Waals surface area contributed by atoms with E-state index < -0.39 is 23.4 Å². The Labute approximate surface area is 143 Å². The molecule has 0 bridgehead atoms. The number of ether oxygens (including phenoxy) is 3. The van der Waals surface area contributed by atoms with Crippen LogP contribution in [-0.4, -0.2) is 38.2 Å². The highest BCUT2D eigenvalue weighted by Gasteiger charge is 2.50. The fourth-order valence-electron chi connectivity index (χ4n) is 3.53. The molecule has 138 valence electrons. The fourth-order valence-corrected chi connectivity index (χ4v) is 3.53. The minimum absolute atomic E-state index is 0.293. The molecule has 2 aliphatic rings. The Morgan fingerprint density at radius 1 is 1.08 bits per heavy atom. The lowest BCUT2D eigenvalue weighted by Gasteiger charge is -2.44. The molecule has 1 aromatic carbocycles. The number of halogens is 3. The molecule has 1 heterocycles. The minimum atomic E-state index is -4.94. The molecule has 0 radical (unpaired) electrons. The van der Waals surface area contributed by atoms with Gasteiger partial charge in [0.2, 0.25) is 0 Å². The van der Waals surface area contributed by atoms with Gasteiger partial charge in [0.1, 0.15) is 5.75 Å². The fraction of sp³-hybridized carbons (Fsp3) is 0.588. The molecular formula is C17H20F3NO4. The first-order valence-electron chi connectivity index (χ1n) is 8.10. The van der Waals surface area contributed by atoms with Gasteiger partial charge in [0, 0.05) is 12.8 Å². The largest absolute Gasteiger partial charge is 0.497 e. The number of benzene rings is 1. The number of methoxy groups -OCH3 is 1. The summed E-state index contributed by atoms with van der Waals surface area (Å²) in [5, 5.41) is 2.22. The average molecular weight is 359 g/mol. The average Bonchev–Trinajstić information content (AvgIpc) is 3.05. The van der Waals surface area contributed by atoms with Crippen molar-refractivity contribution in [3.63, 3.8) is 0 Å². The third-order valence-corrected chi connectivity index (χ3v) is 4.93. The molecule has 0 unspecified atom stereocenters. The zero-order valence-corrected chi connectivity index (χ0v) is 13.8. The van der Waals surface area contributed by atoms with Crippen LogP contribution >= 0.6 is 0 Å². The summed E-state index contributed by atoms with van der Waals surface area (Å²) < 4.78 is 54.8. The molecule has 0 aromatic heterocycles. The van der Waals surface area contributed by atoms with Gasteiger partial charge in [-0.05, 0) is 30.5 Å². The van der Waals surface area contributed by atoms with E-state index in [1.807, 2.05) is 0 Å². The van der Waals surface area contributed by atoms with Crippen LogP contribution in [-0.2, 0) is 19.8 Å². The lowest BCUT2D eigenvalue weighted by atomic mass is 9.74. The topological polar surface area (TPSA) is 56.8 Å². The van der Waals surface area contributed by atoms with Crippen LogP contribution in [0.1, 0.15) is 31.2 Å². The predicted molar refractivity (Wildman–Crippen MR) is 82.0 cm³/mol. The van der Waals surface area contributed by atoms with Gasteiger partial charge in [-0.2, -0.15) is 13.2 Å². The third-order valence-electron chi connectivity index (χ3n) is 4.93. The van der Waals surface area contributed by atoms with E-state index >= 15 is 0 Å². The van der Waals surface area contributed by atoms with Crippen molar-refractivity contribution in [1.29, 1.82) is 0 Å². The van der Waals surface area contributed by atoms with Gasteiger partial charge in [-0.3, -0.25) is 4.79 Å². The minimum Gasteiger partial charge on any atom is -0.497 e. The highest BCUT2D eigenvalue weighted by molar-refractivity contribution is 5.82. The zero-order valence-electron chi connectivity index (χ0n) is 13.8. The van der Waals surface area contributed by atoms with Crippen molar-refractivity contribution in [3.8, 4) is 5.75 Å². The molecule has 1 aliphatic heterocycles. The van der Waals surface area contributed by atoms with Gasteiger partial charge < -0.3 is 19.5 Å². The number of nitrogens with one attached hydrogen (secondary N) is 1. The van der Waals surface area contributed by atoms with E-state index in [1.54, 1.807) is 24.3 Å². The van der Waals surface area contributed by atoms with Crippen LogP contribution in [0.2, 0.25) is 0 Å². The number of amides is 1. The van der Waals surface area contributed by atoms with Crippen molar-refractivity contribution < 1.29 is 32.2 Å². The molecular weight excluding hydrogens is 339 g/mol. The maximum Gasteiger partial charge on any atom is 0.471 e. The number of carbonyl (C=O) groups excluding carboxylic acids is 1. The monoisotopic (exact) mass is 359 g/mol. The van der Waals surface area contributed by atoms with Crippen molar-refractivity contribution >= 4 is 5.91 Å². The Morgan fingerprint density at radius 3 is 2.12 bits per heavy atom. The number of hydrogen-bond donors (Lipinski definition) is 1. The maximum atomic E-state index is 12.8. The van der Waals surface area contributed by atoms with Crippen LogP contribution in [0.3, 0.4) is 0 Å².